The minimum Gasteiger partial charge on any atom is -0.497 e. The Morgan fingerprint density at radius 3 is 1.32 bits per heavy atom. The first-order valence-electron chi connectivity index (χ1n) is 14.0. The van der Waals surface area contributed by atoms with Crippen LogP contribution in [-0.4, -0.2) is 21.3 Å². The van der Waals surface area contributed by atoms with E-state index in [0.717, 1.165) is 78.4 Å². The van der Waals surface area contributed by atoms with Gasteiger partial charge in [-0.3, -0.25) is 0 Å². The van der Waals surface area contributed by atoms with Crippen LogP contribution in [0.4, 0.5) is 0 Å². The number of allylic oxidation sites excluding steroid dienone is 2. The van der Waals surface area contributed by atoms with Crippen molar-refractivity contribution < 1.29 is 18.6 Å². The van der Waals surface area contributed by atoms with Gasteiger partial charge in [0.2, 0.25) is 0 Å². The van der Waals surface area contributed by atoms with Crippen LogP contribution in [0.5, 0.6) is 17.2 Å². The SMILES string of the molecule is COc1ccc(/C=C2\CCCc3c2[o+]c2c(c3-c3ccc(OC)cc3)CCC/C2=C\c2ccc(OC)cc2)cc1. The first kappa shape index (κ1) is 25.9. The predicted molar refractivity (Wildman–Crippen MR) is 163 cm³/mol. The van der Waals surface area contributed by atoms with Gasteiger partial charge in [-0.25, -0.2) is 4.42 Å². The zero-order valence-corrected chi connectivity index (χ0v) is 23.5. The predicted octanol–water partition coefficient (Wildman–Crippen LogP) is 9.01. The Morgan fingerprint density at radius 2 is 0.925 bits per heavy atom. The second-order valence-electron chi connectivity index (χ2n) is 10.4. The van der Waals surface area contributed by atoms with Crippen LogP contribution in [0.25, 0.3) is 34.4 Å². The molecule has 1 aromatic heterocycles. The van der Waals surface area contributed by atoms with Crippen molar-refractivity contribution in [2.75, 3.05) is 21.3 Å². The molecule has 0 atom stereocenters. The molecule has 2 aliphatic rings. The topological polar surface area (TPSA) is 39.0 Å². The molecule has 6 rings (SSSR count). The van der Waals surface area contributed by atoms with Crippen LogP contribution in [0.15, 0.2) is 77.2 Å². The molecule has 4 nitrogen and oxygen atoms in total. The number of hydrogen-bond donors (Lipinski definition) is 0. The van der Waals surface area contributed by atoms with Crippen LogP contribution in [0, 0.1) is 0 Å². The summed E-state index contributed by atoms with van der Waals surface area (Å²) in [6, 6.07) is 25.0. The van der Waals surface area contributed by atoms with Gasteiger partial charge in [0.25, 0.3) is 0 Å². The lowest BCUT2D eigenvalue weighted by Crippen LogP contribution is -2.12. The zero-order chi connectivity index (χ0) is 27.5. The van der Waals surface area contributed by atoms with Crippen molar-refractivity contribution in [1.29, 1.82) is 0 Å². The highest BCUT2D eigenvalue weighted by Crippen LogP contribution is 2.46. The molecule has 4 aromatic rings. The molecule has 0 amide bonds. The van der Waals surface area contributed by atoms with Gasteiger partial charge in [-0.2, -0.15) is 0 Å². The highest BCUT2D eigenvalue weighted by molar-refractivity contribution is 5.90. The summed E-state index contributed by atoms with van der Waals surface area (Å²) in [6.45, 7) is 0. The monoisotopic (exact) mass is 531 g/mol. The summed E-state index contributed by atoms with van der Waals surface area (Å²) in [4.78, 5) is 0. The summed E-state index contributed by atoms with van der Waals surface area (Å²) in [6.07, 6.45) is 10.7. The van der Waals surface area contributed by atoms with Crippen LogP contribution >= 0.6 is 0 Å². The molecule has 1 heterocycles. The van der Waals surface area contributed by atoms with Crippen molar-refractivity contribution in [2.24, 2.45) is 0 Å². The minimum absolute atomic E-state index is 0.861. The molecule has 0 radical (unpaired) electrons. The molecule has 0 spiro atoms. The fraction of sp³-hybridized carbons (Fsp3) is 0.250. The number of ether oxygens (including phenoxy) is 3. The van der Waals surface area contributed by atoms with Crippen LogP contribution in [0.1, 0.15) is 59.5 Å². The van der Waals surface area contributed by atoms with Crippen molar-refractivity contribution in [1.82, 2.24) is 0 Å². The van der Waals surface area contributed by atoms with Crippen LogP contribution in [0.3, 0.4) is 0 Å². The maximum absolute atomic E-state index is 6.98. The Labute approximate surface area is 236 Å². The molecule has 0 fully saturated rings. The Morgan fingerprint density at radius 1 is 0.525 bits per heavy atom. The number of rotatable bonds is 6. The van der Waals surface area contributed by atoms with Crippen molar-refractivity contribution >= 4 is 23.3 Å². The first-order chi connectivity index (χ1) is 19.7. The molecule has 0 bridgehead atoms. The third kappa shape index (κ3) is 5.14. The lowest BCUT2D eigenvalue weighted by Gasteiger charge is -2.22. The number of hydrogen-bond acceptors (Lipinski definition) is 3. The van der Waals surface area contributed by atoms with E-state index in [9.17, 15) is 0 Å². The molecule has 202 valence electrons. The van der Waals surface area contributed by atoms with Gasteiger partial charge < -0.3 is 14.2 Å². The van der Waals surface area contributed by atoms with E-state index in [1.54, 1.807) is 21.3 Å². The largest absolute Gasteiger partial charge is 0.497 e. The third-order valence-corrected chi connectivity index (χ3v) is 7.98. The van der Waals surface area contributed by atoms with E-state index in [1.807, 2.05) is 24.3 Å². The molecule has 2 aliphatic carbocycles. The summed E-state index contributed by atoms with van der Waals surface area (Å²) < 4.78 is 23.2. The van der Waals surface area contributed by atoms with E-state index in [2.05, 4.69) is 60.7 Å². The van der Waals surface area contributed by atoms with Crippen LogP contribution < -0.4 is 14.2 Å². The second-order valence-corrected chi connectivity index (χ2v) is 10.4. The zero-order valence-electron chi connectivity index (χ0n) is 23.5. The van der Waals surface area contributed by atoms with Gasteiger partial charge in [-0.15, -0.1) is 0 Å². The maximum Gasteiger partial charge on any atom is 0.360 e. The van der Waals surface area contributed by atoms with Gasteiger partial charge in [-0.1, -0.05) is 36.4 Å². The van der Waals surface area contributed by atoms with E-state index in [0.29, 0.717) is 0 Å². The highest BCUT2D eigenvalue weighted by Gasteiger charge is 2.37. The van der Waals surface area contributed by atoms with Gasteiger partial charge in [0.15, 0.2) is 0 Å². The van der Waals surface area contributed by atoms with E-state index in [1.165, 1.54) is 33.4 Å². The fourth-order valence-corrected chi connectivity index (χ4v) is 5.95. The van der Waals surface area contributed by atoms with Crippen molar-refractivity contribution in [2.45, 2.75) is 38.5 Å². The number of methoxy groups -OCH3 is 3. The Hall–Kier alpha value is -4.31. The van der Waals surface area contributed by atoms with Crippen molar-refractivity contribution in [3.63, 3.8) is 0 Å². The Balaban J connectivity index is 1.54. The first-order valence-corrected chi connectivity index (χ1v) is 14.0. The van der Waals surface area contributed by atoms with Crippen LogP contribution in [-0.2, 0) is 12.8 Å². The molecular weight excluding hydrogens is 496 g/mol. The molecule has 0 N–H and O–H groups in total. The molecule has 40 heavy (non-hydrogen) atoms. The lowest BCUT2D eigenvalue weighted by molar-refractivity contribution is 0.414. The number of fused-ring (bicyclic) bond motifs is 2. The molecule has 4 heteroatoms. The molecule has 0 saturated carbocycles. The molecule has 3 aromatic carbocycles. The standard InChI is InChI=1S/C36H35O4/c1-37-29-16-10-24(11-17-29)22-27-6-4-8-32-34(26-14-20-31(39-3)21-15-26)33-9-5-7-28(36(33)40-35(27)32)23-25-12-18-30(38-2)19-13-25/h10-23H,4-9H2,1-3H3/q+1/b27-22+,28-23+. The quantitative estimate of drug-likeness (QED) is 0.233. The van der Waals surface area contributed by atoms with Gasteiger partial charge in [0.05, 0.1) is 43.6 Å². The highest BCUT2D eigenvalue weighted by atomic mass is 16.5. The van der Waals surface area contributed by atoms with Gasteiger partial charge >= 0.3 is 11.5 Å². The average Bonchev–Trinajstić information content (AvgIpc) is 3.01. The van der Waals surface area contributed by atoms with Crippen LogP contribution in [0.2, 0.25) is 0 Å². The lowest BCUT2D eigenvalue weighted by atomic mass is 9.80. The van der Waals surface area contributed by atoms with E-state index in [-0.39, 0.29) is 0 Å². The maximum atomic E-state index is 6.98. The van der Waals surface area contributed by atoms with Gasteiger partial charge in [0.1, 0.15) is 17.2 Å². The molecule has 0 aliphatic heterocycles. The Kier molecular flexibility index (Phi) is 7.41. The summed E-state index contributed by atoms with van der Waals surface area (Å²) in [5, 5.41) is 0. The summed E-state index contributed by atoms with van der Waals surface area (Å²) in [5.74, 6) is 4.63. The number of benzene rings is 3. The third-order valence-electron chi connectivity index (χ3n) is 7.98. The molecule has 0 saturated heterocycles. The summed E-state index contributed by atoms with van der Waals surface area (Å²) in [5.41, 5.74) is 9.99. The van der Waals surface area contributed by atoms with E-state index >= 15 is 0 Å². The average molecular weight is 532 g/mol. The minimum atomic E-state index is 0.861. The van der Waals surface area contributed by atoms with Gasteiger partial charge in [0, 0.05) is 5.56 Å². The summed E-state index contributed by atoms with van der Waals surface area (Å²) >= 11 is 0. The Bertz CT molecular complexity index is 1470. The van der Waals surface area contributed by atoms with E-state index < -0.39 is 0 Å². The fourth-order valence-electron chi connectivity index (χ4n) is 5.95. The second kappa shape index (κ2) is 11.4. The van der Waals surface area contributed by atoms with Crippen molar-refractivity contribution in [3.05, 3.63) is 107 Å². The summed E-state index contributed by atoms with van der Waals surface area (Å²) in [7, 11) is 5.11. The van der Waals surface area contributed by atoms with E-state index in [4.69, 9.17) is 18.6 Å². The molecule has 0 unspecified atom stereocenters. The van der Waals surface area contributed by atoms with Gasteiger partial charge in [-0.05, 0) is 104 Å². The smallest absolute Gasteiger partial charge is 0.360 e. The normalized spacial score (nSPS) is 16.4. The van der Waals surface area contributed by atoms with Crippen molar-refractivity contribution in [3.8, 4) is 28.4 Å². The molecular formula is C36H35O4+.